The van der Waals surface area contributed by atoms with Gasteiger partial charge in [0, 0.05) is 23.6 Å². The SMILES string of the molecule is CN1CC(S)NC(C)(c2cc(Br)ccc2F)C1=O. The molecule has 2 rings (SSSR count). The molecule has 1 fully saturated rings. The molecular weight excluding hydrogens is 319 g/mol. The fraction of sp³-hybridized carbons (Fsp3) is 0.417. The molecule has 1 aliphatic rings. The lowest BCUT2D eigenvalue weighted by Crippen LogP contribution is -2.62. The summed E-state index contributed by atoms with van der Waals surface area (Å²) in [6.07, 6.45) is 0. The molecule has 1 heterocycles. The minimum absolute atomic E-state index is 0.162. The first-order valence-electron chi connectivity index (χ1n) is 5.51. The van der Waals surface area contributed by atoms with Crippen LogP contribution in [-0.4, -0.2) is 29.8 Å². The molecular formula is C12H14BrFN2OS. The molecule has 1 aromatic rings. The molecule has 18 heavy (non-hydrogen) atoms. The van der Waals surface area contributed by atoms with E-state index < -0.39 is 11.4 Å². The Bertz CT molecular complexity index is 499. The van der Waals surface area contributed by atoms with Gasteiger partial charge in [-0.2, -0.15) is 12.6 Å². The number of benzene rings is 1. The Morgan fingerprint density at radius 1 is 1.61 bits per heavy atom. The lowest BCUT2D eigenvalue weighted by atomic mass is 9.88. The molecule has 2 atom stereocenters. The van der Waals surface area contributed by atoms with Crippen LogP contribution in [0.5, 0.6) is 0 Å². The van der Waals surface area contributed by atoms with Crippen molar-refractivity contribution in [2.45, 2.75) is 17.8 Å². The largest absolute Gasteiger partial charge is 0.341 e. The van der Waals surface area contributed by atoms with E-state index in [1.807, 2.05) is 0 Å². The summed E-state index contributed by atoms with van der Waals surface area (Å²) in [4.78, 5) is 13.9. The summed E-state index contributed by atoms with van der Waals surface area (Å²) in [6.45, 7) is 2.17. The van der Waals surface area contributed by atoms with Crippen molar-refractivity contribution in [1.29, 1.82) is 0 Å². The lowest BCUT2D eigenvalue weighted by Gasteiger charge is -2.42. The van der Waals surface area contributed by atoms with Gasteiger partial charge in [-0.1, -0.05) is 15.9 Å². The maximum Gasteiger partial charge on any atom is 0.247 e. The third kappa shape index (κ3) is 2.29. The molecule has 3 nitrogen and oxygen atoms in total. The number of carbonyl (C=O) groups is 1. The zero-order valence-electron chi connectivity index (χ0n) is 10.1. The minimum Gasteiger partial charge on any atom is -0.341 e. The van der Waals surface area contributed by atoms with Crippen molar-refractivity contribution < 1.29 is 9.18 Å². The lowest BCUT2D eigenvalue weighted by molar-refractivity contribution is -0.140. The highest BCUT2D eigenvalue weighted by atomic mass is 79.9. The van der Waals surface area contributed by atoms with Crippen LogP contribution in [0.2, 0.25) is 0 Å². The van der Waals surface area contributed by atoms with Crippen LogP contribution in [0.4, 0.5) is 4.39 Å². The van der Waals surface area contributed by atoms with Crippen molar-refractivity contribution in [3.05, 3.63) is 34.1 Å². The van der Waals surface area contributed by atoms with Crippen LogP contribution in [0, 0.1) is 5.82 Å². The van der Waals surface area contributed by atoms with Gasteiger partial charge in [-0.05, 0) is 25.1 Å². The van der Waals surface area contributed by atoms with Gasteiger partial charge in [0.25, 0.3) is 0 Å². The fourth-order valence-corrected chi connectivity index (χ4v) is 3.10. The first-order valence-corrected chi connectivity index (χ1v) is 6.82. The van der Waals surface area contributed by atoms with Crippen LogP contribution in [-0.2, 0) is 10.3 Å². The van der Waals surface area contributed by atoms with Crippen LogP contribution < -0.4 is 5.32 Å². The highest BCUT2D eigenvalue weighted by molar-refractivity contribution is 9.10. The monoisotopic (exact) mass is 332 g/mol. The number of nitrogens with zero attached hydrogens (tertiary/aromatic N) is 1. The average Bonchev–Trinajstić information content (AvgIpc) is 2.29. The second-order valence-electron chi connectivity index (χ2n) is 4.59. The summed E-state index contributed by atoms with van der Waals surface area (Å²) in [5.41, 5.74) is -0.764. The summed E-state index contributed by atoms with van der Waals surface area (Å²) >= 11 is 7.64. The standard InChI is InChI=1S/C12H14BrFN2OS/c1-12(8-5-7(13)3-4-9(8)14)11(17)16(2)6-10(18)15-12/h3-5,10,15,18H,6H2,1-2H3. The van der Waals surface area contributed by atoms with E-state index in [4.69, 9.17) is 0 Å². The number of carbonyl (C=O) groups excluding carboxylic acids is 1. The molecule has 0 spiro atoms. The first-order chi connectivity index (χ1) is 8.34. The highest BCUT2D eigenvalue weighted by Crippen LogP contribution is 2.31. The smallest absolute Gasteiger partial charge is 0.247 e. The molecule has 0 aromatic heterocycles. The molecule has 0 aliphatic carbocycles. The summed E-state index contributed by atoms with van der Waals surface area (Å²) in [6, 6.07) is 4.58. The number of hydrogen-bond acceptors (Lipinski definition) is 3. The Hall–Kier alpha value is -0.590. The van der Waals surface area contributed by atoms with Crippen molar-refractivity contribution >= 4 is 34.5 Å². The number of amides is 1. The van der Waals surface area contributed by atoms with Crippen LogP contribution in [0.1, 0.15) is 12.5 Å². The molecule has 0 radical (unpaired) electrons. The number of hydrogen-bond donors (Lipinski definition) is 2. The van der Waals surface area contributed by atoms with E-state index in [-0.39, 0.29) is 11.3 Å². The number of rotatable bonds is 1. The molecule has 1 N–H and O–H groups in total. The van der Waals surface area contributed by atoms with Gasteiger partial charge in [0.15, 0.2) is 0 Å². The molecule has 1 saturated heterocycles. The fourth-order valence-electron chi connectivity index (χ4n) is 2.24. The van der Waals surface area contributed by atoms with Crippen LogP contribution in [0.3, 0.4) is 0 Å². The quantitative estimate of drug-likeness (QED) is 0.772. The van der Waals surface area contributed by atoms with Crippen LogP contribution in [0.25, 0.3) is 0 Å². The normalized spacial score (nSPS) is 28.6. The number of likely N-dealkylation sites (N-methyl/N-ethyl adjacent to an activating group) is 1. The Morgan fingerprint density at radius 3 is 2.94 bits per heavy atom. The predicted molar refractivity (Wildman–Crippen MR) is 75.0 cm³/mol. The first kappa shape index (κ1) is 13.8. The summed E-state index contributed by atoms with van der Waals surface area (Å²) < 4.78 is 14.7. The molecule has 0 saturated carbocycles. The zero-order chi connectivity index (χ0) is 13.5. The molecule has 6 heteroatoms. The summed E-state index contributed by atoms with van der Waals surface area (Å²) in [7, 11) is 1.69. The summed E-state index contributed by atoms with van der Waals surface area (Å²) in [5.74, 6) is -0.567. The highest BCUT2D eigenvalue weighted by Gasteiger charge is 2.44. The van der Waals surface area contributed by atoms with E-state index in [0.29, 0.717) is 12.1 Å². The van der Waals surface area contributed by atoms with Gasteiger partial charge in [0.05, 0.1) is 5.37 Å². The Kier molecular flexibility index (Phi) is 3.71. The van der Waals surface area contributed by atoms with Crippen molar-refractivity contribution in [2.24, 2.45) is 0 Å². The third-order valence-electron chi connectivity index (χ3n) is 3.14. The zero-order valence-corrected chi connectivity index (χ0v) is 12.6. The minimum atomic E-state index is -1.09. The van der Waals surface area contributed by atoms with Gasteiger partial charge in [-0.3, -0.25) is 10.1 Å². The average molecular weight is 333 g/mol. The van der Waals surface area contributed by atoms with Gasteiger partial charge in [0.2, 0.25) is 5.91 Å². The molecule has 0 bridgehead atoms. The maximum atomic E-state index is 14.0. The second-order valence-corrected chi connectivity index (χ2v) is 6.13. The Labute approximate surface area is 119 Å². The molecule has 1 aliphatic heterocycles. The number of halogens is 2. The van der Waals surface area contributed by atoms with Gasteiger partial charge >= 0.3 is 0 Å². The maximum absolute atomic E-state index is 14.0. The number of thiol groups is 1. The van der Waals surface area contributed by atoms with E-state index in [1.165, 1.54) is 6.07 Å². The second kappa shape index (κ2) is 4.83. The van der Waals surface area contributed by atoms with Crippen molar-refractivity contribution in [1.82, 2.24) is 10.2 Å². The number of piperazine rings is 1. The molecule has 1 aromatic carbocycles. The number of nitrogens with one attached hydrogen (secondary N) is 1. The van der Waals surface area contributed by atoms with Crippen LogP contribution in [0.15, 0.2) is 22.7 Å². The summed E-state index contributed by atoms with van der Waals surface area (Å²) in [5, 5.41) is 2.89. The van der Waals surface area contributed by atoms with Gasteiger partial charge < -0.3 is 4.90 Å². The van der Waals surface area contributed by atoms with Gasteiger partial charge in [0.1, 0.15) is 11.4 Å². The van der Waals surface area contributed by atoms with Crippen molar-refractivity contribution in [3.8, 4) is 0 Å². The van der Waals surface area contributed by atoms with E-state index in [2.05, 4.69) is 33.9 Å². The van der Waals surface area contributed by atoms with Gasteiger partial charge in [-0.25, -0.2) is 4.39 Å². The predicted octanol–water partition coefficient (Wildman–Crippen LogP) is 2.12. The molecule has 2 unspecified atom stereocenters. The topological polar surface area (TPSA) is 32.3 Å². The van der Waals surface area contributed by atoms with E-state index in [0.717, 1.165) is 4.47 Å². The van der Waals surface area contributed by atoms with E-state index in [9.17, 15) is 9.18 Å². The van der Waals surface area contributed by atoms with Crippen molar-refractivity contribution in [2.75, 3.05) is 13.6 Å². The Balaban J connectivity index is 2.52. The Morgan fingerprint density at radius 2 is 2.28 bits per heavy atom. The van der Waals surface area contributed by atoms with Gasteiger partial charge in [-0.15, -0.1) is 0 Å². The van der Waals surface area contributed by atoms with E-state index >= 15 is 0 Å². The molecule has 1 amide bonds. The third-order valence-corrected chi connectivity index (χ3v) is 3.93. The molecule has 98 valence electrons. The van der Waals surface area contributed by atoms with Crippen LogP contribution >= 0.6 is 28.6 Å². The van der Waals surface area contributed by atoms with E-state index in [1.54, 1.807) is 31.0 Å². The van der Waals surface area contributed by atoms with Crippen molar-refractivity contribution in [3.63, 3.8) is 0 Å².